The first-order valence-corrected chi connectivity index (χ1v) is 18.9. The molecule has 2 aromatic heterocycles. The Morgan fingerprint density at radius 3 is 2.29 bits per heavy atom. The summed E-state index contributed by atoms with van der Waals surface area (Å²) in [5, 5.41) is 18.1. The number of halogens is 3. The summed E-state index contributed by atoms with van der Waals surface area (Å²) in [5.74, 6) is 1.63. The predicted molar refractivity (Wildman–Crippen MR) is 216 cm³/mol. The van der Waals surface area contributed by atoms with Crippen LogP contribution in [-0.4, -0.2) is 94.9 Å². The molecule has 3 heterocycles. The minimum atomic E-state index is -0.487. The standard InChI is InChI=1S/C38H44Cl2N10O7.BrH/c1-46-22-42-36(49(53)54)28(46)21-50(2,3)17-7-8-31(51)43-24-9-13-26(14-10-24)48-35-23(19-41-37(45-35)44-25-11-15-27(55-4)16-12-25)20-47(38(48)52)34-32(39)29(56-5)18-30(57-6)33(34)40;/h7-8,11-12,15-16,18-19,22,24,26H,9-10,13-14,17,20-21H2,1-6H3,(H-,41,43,44,45,51);1H/b8-7+;. The predicted octanol–water partition coefficient (Wildman–Crippen LogP) is 3.41. The zero-order valence-electron chi connectivity index (χ0n) is 32.9. The Labute approximate surface area is 356 Å². The smallest absolute Gasteiger partial charge is 0.390 e. The van der Waals surface area contributed by atoms with Gasteiger partial charge in [-0.05, 0) is 65.9 Å². The van der Waals surface area contributed by atoms with E-state index in [0.717, 1.165) is 5.69 Å². The highest BCUT2D eigenvalue weighted by Crippen LogP contribution is 2.48. The number of benzene rings is 2. The fourth-order valence-electron chi connectivity index (χ4n) is 7.07. The number of imidazole rings is 1. The number of likely N-dealkylation sites (N-methyl/N-ethyl adjacent to an activating group) is 1. The number of methoxy groups -OCH3 is 3. The van der Waals surface area contributed by atoms with Crippen molar-refractivity contribution in [1.82, 2.24) is 24.8 Å². The summed E-state index contributed by atoms with van der Waals surface area (Å²) in [6.45, 7) is 0.890. The number of nitrogens with zero attached hydrogens (tertiary/aromatic N) is 8. The molecule has 20 heteroatoms. The van der Waals surface area contributed by atoms with Crippen molar-refractivity contribution in [3.63, 3.8) is 0 Å². The van der Waals surface area contributed by atoms with Crippen molar-refractivity contribution in [2.75, 3.05) is 57.1 Å². The minimum absolute atomic E-state index is 0. The van der Waals surface area contributed by atoms with Crippen LogP contribution in [0.4, 0.5) is 33.8 Å². The highest BCUT2D eigenvalue weighted by molar-refractivity contribution is 6.42. The maximum atomic E-state index is 14.7. The molecule has 4 aromatic rings. The Balaban J connectivity index is 0.00000641. The molecule has 0 spiro atoms. The van der Waals surface area contributed by atoms with Crippen LogP contribution in [-0.2, 0) is 24.9 Å². The molecule has 3 amide bonds. The molecule has 1 saturated carbocycles. The number of carbonyl (C=O) groups is 2. The molecule has 17 nitrogen and oxygen atoms in total. The fourth-order valence-corrected chi connectivity index (χ4v) is 7.78. The molecular formula is C38H45BrCl2N10O7. The Kier molecular flexibility index (Phi) is 14.1. The zero-order chi connectivity index (χ0) is 41.0. The van der Waals surface area contributed by atoms with E-state index in [4.69, 9.17) is 42.4 Å². The van der Waals surface area contributed by atoms with E-state index in [2.05, 4.69) is 20.6 Å². The number of rotatable bonds is 14. The summed E-state index contributed by atoms with van der Waals surface area (Å²) in [6.07, 6.45) is 8.70. The van der Waals surface area contributed by atoms with Crippen molar-refractivity contribution >= 4 is 64.1 Å². The lowest BCUT2D eigenvalue weighted by atomic mass is 9.89. The van der Waals surface area contributed by atoms with Crippen molar-refractivity contribution in [3.05, 3.63) is 86.4 Å². The van der Waals surface area contributed by atoms with E-state index in [1.54, 1.807) is 42.0 Å². The number of fused-ring (bicyclic) bond motifs is 1. The lowest BCUT2D eigenvalue weighted by Crippen LogP contribution is -3.00. The second-order valence-electron chi connectivity index (χ2n) is 14.5. The van der Waals surface area contributed by atoms with Gasteiger partial charge in [-0.1, -0.05) is 23.2 Å². The summed E-state index contributed by atoms with van der Waals surface area (Å²) in [7, 11) is 10.1. The summed E-state index contributed by atoms with van der Waals surface area (Å²) < 4.78 is 18.3. The van der Waals surface area contributed by atoms with E-state index in [9.17, 15) is 19.7 Å². The van der Waals surface area contributed by atoms with Gasteiger partial charge in [0.05, 0.1) is 54.2 Å². The van der Waals surface area contributed by atoms with Gasteiger partial charge in [0, 0.05) is 48.7 Å². The van der Waals surface area contributed by atoms with Gasteiger partial charge in [0.25, 0.3) is 0 Å². The van der Waals surface area contributed by atoms with Crippen LogP contribution in [0.25, 0.3) is 0 Å². The number of amides is 3. The Hall–Kier alpha value is -5.17. The number of nitrogens with one attached hydrogen (secondary N) is 2. The van der Waals surface area contributed by atoms with Crippen molar-refractivity contribution in [2.45, 2.75) is 50.9 Å². The molecular weight excluding hydrogens is 859 g/mol. The second-order valence-corrected chi connectivity index (χ2v) is 15.2. The zero-order valence-corrected chi connectivity index (χ0v) is 36.0. The molecule has 0 bridgehead atoms. The van der Waals surface area contributed by atoms with Gasteiger partial charge in [0.1, 0.15) is 39.7 Å². The van der Waals surface area contributed by atoms with Crippen LogP contribution in [0.1, 0.15) is 36.9 Å². The van der Waals surface area contributed by atoms with E-state index in [0.29, 0.717) is 83.5 Å². The maximum absolute atomic E-state index is 14.7. The summed E-state index contributed by atoms with van der Waals surface area (Å²) in [6, 6.07) is 8.08. The van der Waals surface area contributed by atoms with Crippen LogP contribution in [0.3, 0.4) is 0 Å². The monoisotopic (exact) mass is 902 g/mol. The van der Waals surface area contributed by atoms with E-state index in [1.807, 2.05) is 38.4 Å². The number of quaternary nitrogens is 1. The first-order chi connectivity index (χ1) is 27.2. The molecule has 2 aromatic carbocycles. The van der Waals surface area contributed by atoms with Crippen molar-refractivity contribution in [2.24, 2.45) is 7.05 Å². The van der Waals surface area contributed by atoms with Gasteiger partial charge in [0.15, 0.2) is 5.69 Å². The second kappa shape index (κ2) is 18.6. The van der Waals surface area contributed by atoms with Crippen molar-refractivity contribution < 1.29 is 50.2 Å². The Bertz CT molecular complexity index is 2150. The van der Waals surface area contributed by atoms with Crippen LogP contribution < -0.4 is 51.6 Å². The highest BCUT2D eigenvalue weighted by Gasteiger charge is 2.41. The van der Waals surface area contributed by atoms with Crippen LogP contribution in [0.2, 0.25) is 10.0 Å². The summed E-state index contributed by atoms with van der Waals surface area (Å²) in [4.78, 5) is 55.2. The third kappa shape index (κ3) is 9.57. The number of ether oxygens (including phenoxy) is 3. The number of hydrogen-bond acceptors (Lipinski definition) is 11. The number of hydrogen-bond donors (Lipinski definition) is 2. The van der Waals surface area contributed by atoms with Crippen LogP contribution >= 0.6 is 23.2 Å². The number of carbonyl (C=O) groups excluding carboxylic acids is 2. The van der Waals surface area contributed by atoms with Crippen LogP contribution in [0, 0.1) is 10.1 Å². The van der Waals surface area contributed by atoms with Gasteiger partial charge in [-0.3, -0.25) is 14.6 Å². The van der Waals surface area contributed by atoms with E-state index in [-0.39, 0.29) is 69.1 Å². The highest BCUT2D eigenvalue weighted by atomic mass is 79.9. The lowest BCUT2D eigenvalue weighted by molar-refractivity contribution is -0.898. The Morgan fingerprint density at radius 1 is 1.03 bits per heavy atom. The third-order valence-electron chi connectivity index (χ3n) is 10.1. The molecule has 2 aliphatic rings. The molecule has 1 fully saturated rings. The van der Waals surface area contributed by atoms with Gasteiger partial charge in [-0.2, -0.15) is 4.98 Å². The molecule has 310 valence electrons. The minimum Gasteiger partial charge on any atom is -1.00 e. The largest absolute Gasteiger partial charge is 1.00 e. The average molecular weight is 905 g/mol. The molecule has 58 heavy (non-hydrogen) atoms. The molecule has 0 unspecified atom stereocenters. The van der Waals surface area contributed by atoms with Gasteiger partial charge in [-0.25, -0.2) is 9.78 Å². The average Bonchev–Trinajstić information content (AvgIpc) is 3.54. The summed E-state index contributed by atoms with van der Waals surface area (Å²) in [5.41, 5.74) is 2.15. The molecule has 0 atom stereocenters. The SMILES string of the molecule is COc1ccc(Nc2ncc3c(n2)N(C2CCC(NC(=O)/C=C/C[N+](C)(C)Cc4c([N+](=O)[O-])ncn4C)CC2)C(=O)N(c2c(Cl)c(OC)cc(OC)c2Cl)C3)cc1.[Br-]. The van der Waals surface area contributed by atoms with Gasteiger partial charge in [0.2, 0.25) is 18.2 Å². The van der Waals surface area contributed by atoms with Gasteiger partial charge >= 0.3 is 11.8 Å². The summed E-state index contributed by atoms with van der Waals surface area (Å²) >= 11 is 13.6. The molecule has 6 rings (SSSR count). The first-order valence-electron chi connectivity index (χ1n) is 18.1. The molecule has 0 saturated heterocycles. The van der Waals surface area contributed by atoms with E-state index in [1.165, 1.54) is 31.5 Å². The van der Waals surface area contributed by atoms with Crippen LogP contribution in [0.5, 0.6) is 17.2 Å². The van der Waals surface area contributed by atoms with Crippen LogP contribution in [0.15, 0.2) is 55.0 Å². The maximum Gasteiger partial charge on any atom is 0.390 e. The fraction of sp³-hybridized carbons (Fsp3) is 0.395. The molecule has 1 aliphatic heterocycles. The Morgan fingerprint density at radius 2 is 1.69 bits per heavy atom. The number of aryl methyl sites for hydroxylation is 1. The number of urea groups is 1. The van der Waals surface area contributed by atoms with Gasteiger partial charge in [-0.15, -0.1) is 0 Å². The number of nitro groups is 1. The molecule has 1 aliphatic carbocycles. The quantitative estimate of drug-likeness (QED) is 0.0821. The first kappa shape index (κ1) is 43.9. The van der Waals surface area contributed by atoms with E-state index < -0.39 is 4.92 Å². The van der Waals surface area contributed by atoms with Gasteiger partial charge < -0.3 is 61.0 Å². The van der Waals surface area contributed by atoms with Crippen molar-refractivity contribution in [1.29, 1.82) is 0 Å². The van der Waals surface area contributed by atoms with Crippen molar-refractivity contribution in [3.8, 4) is 17.2 Å². The van der Waals surface area contributed by atoms with E-state index >= 15 is 0 Å². The lowest BCUT2D eigenvalue weighted by Gasteiger charge is -2.43. The normalized spacial score (nSPS) is 16.7. The number of aromatic nitrogens is 4. The third-order valence-corrected chi connectivity index (χ3v) is 10.8. The topological polar surface area (TPSA) is 179 Å². The molecule has 0 radical (unpaired) electrons. The molecule has 2 N–H and O–H groups in total. The number of anilines is 4.